The smallest absolute Gasteiger partial charge is 0.243 e. The summed E-state index contributed by atoms with van der Waals surface area (Å²) in [5, 5.41) is 2.96. The Morgan fingerprint density at radius 2 is 1.90 bits per heavy atom. The van der Waals surface area contributed by atoms with Gasteiger partial charge >= 0.3 is 0 Å². The molecule has 1 aliphatic rings. The van der Waals surface area contributed by atoms with E-state index in [0.717, 1.165) is 17.2 Å². The van der Waals surface area contributed by atoms with Crippen LogP contribution in [0.4, 0.5) is 4.39 Å². The molecule has 0 bridgehead atoms. The molecule has 0 radical (unpaired) electrons. The van der Waals surface area contributed by atoms with Crippen molar-refractivity contribution in [1.82, 2.24) is 9.62 Å². The molecular formula is C22H27FN2O3S. The van der Waals surface area contributed by atoms with E-state index < -0.39 is 21.3 Å². The Morgan fingerprint density at radius 3 is 2.62 bits per heavy atom. The molecule has 1 fully saturated rings. The summed E-state index contributed by atoms with van der Waals surface area (Å²) in [5.41, 5.74) is 1.77. The van der Waals surface area contributed by atoms with Crippen LogP contribution in [0, 0.1) is 25.1 Å². The van der Waals surface area contributed by atoms with Gasteiger partial charge in [0.15, 0.2) is 0 Å². The molecule has 7 heteroatoms. The van der Waals surface area contributed by atoms with Crippen molar-refractivity contribution in [1.29, 1.82) is 0 Å². The van der Waals surface area contributed by atoms with Crippen LogP contribution in [0.5, 0.6) is 0 Å². The Labute approximate surface area is 172 Å². The third-order valence-corrected chi connectivity index (χ3v) is 7.67. The number of sulfonamides is 1. The summed E-state index contributed by atoms with van der Waals surface area (Å²) in [4.78, 5) is 12.9. The van der Waals surface area contributed by atoms with E-state index in [-0.39, 0.29) is 17.3 Å². The number of hydrogen-bond acceptors (Lipinski definition) is 3. The molecule has 1 saturated heterocycles. The van der Waals surface area contributed by atoms with Crippen molar-refractivity contribution in [3.05, 3.63) is 65.0 Å². The molecule has 1 atom stereocenters. The quantitative estimate of drug-likeness (QED) is 0.808. The summed E-state index contributed by atoms with van der Waals surface area (Å²) in [6.07, 6.45) is 1.17. The van der Waals surface area contributed by atoms with E-state index in [1.54, 1.807) is 13.8 Å². The van der Waals surface area contributed by atoms with Crippen molar-refractivity contribution < 1.29 is 17.6 Å². The number of hydrogen-bond donors (Lipinski definition) is 1. The molecule has 3 rings (SSSR count). The molecule has 1 N–H and O–H groups in total. The van der Waals surface area contributed by atoms with E-state index in [4.69, 9.17) is 0 Å². The van der Waals surface area contributed by atoms with Gasteiger partial charge in [-0.3, -0.25) is 4.79 Å². The van der Waals surface area contributed by atoms with Gasteiger partial charge in [0.25, 0.3) is 0 Å². The van der Waals surface area contributed by atoms with E-state index in [0.29, 0.717) is 31.5 Å². The molecule has 0 unspecified atom stereocenters. The first-order valence-corrected chi connectivity index (χ1v) is 11.2. The van der Waals surface area contributed by atoms with E-state index in [1.165, 1.54) is 16.4 Å². The standard InChI is InChI=1S/C22H27FN2O3S/c1-16-7-4-5-8-18(16)14-24-21(26)22(3)11-6-12-25(15-22)29(27,28)20-13-19(23)10-9-17(20)2/h4-5,7-10,13H,6,11-12,14-15H2,1-3H3,(H,24,26)/t22-/m1/s1. The highest BCUT2D eigenvalue weighted by Crippen LogP contribution is 2.33. The highest BCUT2D eigenvalue weighted by Gasteiger charge is 2.42. The lowest BCUT2D eigenvalue weighted by atomic mass is 9.82. The van der Waals surface area contributed by atoms with Gasteiger partial charge in [0.1, 0.15) is 5.82 Å². The van der Waals surface area contributed by atoms with Crippen molar-refractivity contribution in [2.45, 2.75) is 45.1 Å². The molecule has 1 aliphatic heterocycles. The number of piperidine rings is 1. The second kappa shape index (κ2) is 8.24. The van der Waals surface area contributed by atoms with Crippen LogP contribution >= 0.6 is 0 Å². The molecule has 29 heavy (non-hydrogen) atoms. The Kier molecular flexibility index (Phi) is 6.10. The number of amides is 1. The zero-order chi connectivity index (χ0) is 21.2. The number of carbonyl (C=O) groups excluding carboxylic acids is 1. The van der Waals surface area contributed by atoms with Crippen LogP contribution in [0.2, 0.25) is 0 Å². The molecule has 5 nitrogen and oxygen atoms in total. The zero-order valence-electron chi connectivity index (χ0n) is 17.0. The second-order valence-corrected chi connectivity index (χ2v) is 9.93. The van der Waals surface area contributed by atoms with Crippen LogP contribution in [-0.2, 0) is 21.4 Å². The Morgan fingerprint density at radius 1 is 1.17 bits per heavy atom. The minimum absolute atomic E-state index is 0.0398. The van der Waals surface area contributed by atoms with Crippen molar-refractivity contribution in [2.24, 2.45) is 5.41 Å². The number of rotatable bonds is 5. The molecule has 1 amide bonds. The lowest BCUT2D eigenvalue weighted by Gasteiger charge is -2.38. The molecular weight excluding hydrogens is 391 g/mol. The molecule has 1 heterocycles. The van der Waals surface area contributed by atoms with Gasteiger partial charge in [-0.1, -0.05) is 30.3 Å². The lowest BCUT2D eigenvalue weighted by molar-refractivity contribution is -0.132. The van der Waals surface area contributed by atoms with E-state index in [9.17, 15) is 17.6 Å². The van der Waals surface area contributed by atoms with Gasteiger partial charge in [-0.25, -0.2) is 12.8 Å². The summed E-state index contributed by atoms with van der Waals surface area (Å²) in [5.74, 6) is -0.762. The van der Waals surface area contributed by atoms with Crippen molar-refractivity contribution in [3.8, 4) is 0 Å². The van der Waals surface area contributed by atoms with Crippen LogP contribution < -0.4 is 5.32 Å². The highest BCUT2D eigenvalue weighted by molar-refractivity contribution is 7.89. The Hall–Kier alpha value is -2.25. The summed E-state index contributed by atoms with van der Waals surface area (Å²) >= 11 is 0. The first-order chi connectivity index (χ1) is 13.6. The molecule has 0 aromatic heterocycles. The lowest BCUT2D eigenvalue weighted by Crippen LogP contribution is -2.51. The molecule has 156 valence electrons. The van der Waals surface area contributed by atoms with E-state index >= 15 is 0 Å². The average molecular weight is 419 g/mol. The monoisotopic (exact) mass is 418 g/mol. The predicted molar refractivity (Wildman–Crippen MR) is 110 cm³/mol. The van der Waals surface area contributed by atoms with Crippen LogP contribution in [0.15, 0.2) is 47.4 Å². The van der Waals surface area contributed by atoms with Gasteiger partial charge in [-0.15, -0.1) is 0 Å². The SMILES string of the molecule is Cc1ccccc1CNC(=O)[C@]1(C)CCCN(S(=O)(=O)c2cc(F)ccc2C)C1. The largest absolute Gasteiger partial charge is 0.352 e. The highest BCUT2D eigenvalue weighted by atomic mass is 32.2. The Balaban J connectivity index is 1.77. The average Bonchev–Trinajstić information content (AvgIpc) is 2.69. The summed E-state index contributed by atoms with van der Waals surface area (Å²) in [6.45, 7) is 6.21. The zero-order valence-corrected chi connectivity index (χ0v) is 17.9. The maximum atomic E-state index is 13.7. The summed E-state index contributed by atoms with van der Waals surface area (Å²) in [6, 6.07) is 11.6. The number of nitrogens with one attached hydrogen (secondary N) is 1. The number of halogens is 1. The fourth-order valence-electron chi connectivity index (χ4n) is 3.77. The van der Waals surface area contributed by atoms with Crippen molar-refractivity contribution in [2.75, 3.05) is 13.1 Å². The first-order valence-electron chi connectivity index (χ1n) is 9.73. The molecule has 0 saturated carbocycles. The van der Waals surface area contributed by atoms with Gasteiger partial charge < -0.3 is 5.32 Å². The molecule has 2 aromatic carbocycles. The van der Waals surface area contributed by atoms with Crippen LogP contribution in [0.1, 0.15) is 36.5 Å². The van der Waals surface area contributed by atoms with Crippen LogP contribution in [0.3, 0.4) is 0 Å². The number of aryl methyl sites for hydroxylation is 2. The molecule has 2 aromatic rings. The van der Waals surface area contributed by atoms with Gasteiger partial charge in [-0.05, 0) is 62.4 Å². The normalized spacial score (nSPS) is 20.4. The maximum Gasteiger partial charge on any atom is 0.243 e. The third kappa shape index (κ3) is 4.51. The summed E-state index contributed by atoms with van der Waals surface area (Å²) in [7, 11) is -3.88. The van der Waals surface area contributed by atoms with Gasteiger partial charge in [-0.2, -0.15) is 4.31 Å². The minimum atomic E-state index is -3.88. The molecule has 0 spiro atoms. The Bertz CT molecular complexity index is 1020. The topological polar surface area (TPSA) is 66.5 Å². The van der Waals surface area contributed by atoms with E-state index in [2.05, 4.69) is 5.32 Å². The van der Waals surface area contributed by atoms with Crippen molar-refractivity contribution in [3.63, 3.8) is 0 Å². The number of carbonyl (C=O) groups is 1. The van der Waals surface area contributed by atoms with Gasteiger partial charge in [0.05, 0.1) is 10.3 Å². The van der Waals surface area contributed by atoms with Gasteiger partial charge in [0.2, 0.25) is 15.9 Å². The number of nitrogens with zero attached hydrogens (tertiary/aromatic N) is 1. The van der Waals surface area contributed by atoms with Crippen LogP contribution in [-0.4, -0.2) is 31.7 Å². The minimum Gasteiger partial charge on any atom is -0.352 e. The molecule has 0 aliphatic carbocycles. The fraction of sp³-hybridized carbons (Fsp3) is 0.409. The fourth-order valence-corrected chi connectivity index (χ4v) is 5.61. The predicted octanol–water partition coefficient (Wildman–Crippen LogP) is 3.55. The number of benzene rings is 2. The summed E-state index contributed by atoms with van der Waals surface area (Å²) < 4.78 is 41.2. The second-order valence-electron chi connectivity index (χ2n) is 8.02. The third-order valence-electron chi connectivity index (χ3n) is 5.68. The van der Waals surface area contributed by atoms with Crippen molar-refractivity contribution >= 4 is 15.9 Å². The first kappa shape index (κ1) is 21.5. The van der Waals surface area contributed by atoms with E-state index in [1.807, 2.05) is 31.2 Å². The van der Waals surface area contributed by atoms with Crippen LogP contribution in [0.25, 0.3) is 0 Å². The van der Waals surface area contributed by atoms with Gasteiger partial charge in [0, 0.05) is 19.6 Å². The maximum absolute atomic E-state index is 13.7.